The zero-order valence-corrected chi connectivity index (χ0v) is 11.2. The van der Waals surface area contributed by atoms with Crippen LogP contribution in [0.2, 0.25) is 0 Å². The van der Waals surface area contributed by atoms with E-state index in [4.69, 9.17) is 5.73 Å². The van der Waals surface area contributed by atoms with Gasteiger partial charge in [-0.15, -0.1) is 11.3 Å². The summed E-state index contributed by atoms with van der Waals surface area (Å²) >= 11 is 3.32. The van der Waals surface area contributed by atoms with Crippen molar-refractivity contribution in [3.63, 3.8) is 0 Å². The topological polar surface area (TPSA) is 56.0 Å². The molecule has 0 saturated heterocycles. The Labute approximate surface area is 108 Å². The lowest BCUT2D eigenvalue weighted by Gasteiger charge is -2.09. The molecule has 1 atom stereocenters. The van der Waals surface area contributed by atoms with Gasteiger partial charge in [-0.3, -0.25) is 4.79 Å². The number of carbonyl (C=O) groups is 1. The normalized spacial score (nSPS) is 12.8. The quantitative estimate of drug-likeness (QED) is 0.846. The van der Waals surface area contributed by atoms with Crippen LogP contribution in [0, 0.1) is 0 Å². The van der Waals surface area contributed by atoms with E-state index in [9.17, 15) is 4.79 Å². The molecule has 0 aliphatic carbocycles. The van der Waals surface area contributed by atoms with Gasteiger partial charge >= 0.3 is 0 Å². The molecule has 1 unspecified atom stereocenters. The van der Waals surface area contributed by atoms with Crippen molar-refractivity contribution in [2.24, 2.45) is 5.73 Å². The number of nitrogens with zero attached hydrogens (tertiary/aromatic N) is 1. The first-order valence-electron chi connectivity index (χ1n) is 5.49. The Hall–Kier alpha value is -1.07. The van der Waals surface area contributed by atoms with Gasteiger partial charge in [-0.1, -0.05) is 30.8 Å². The number of amides is 1. The number of thioether (sulfide) groups is 1. The van der Waals surface area contributed by atoms with Gasteiger partial charge in [0.05, 0.1) is 10.2 Å². The third-order valence-electron chi connectivity index (χ3n) is 2.43. The first kappa shape index (κ1) is 12.4. The van der Waals surface area contributed by atoms with Crippen molar-refractivity contribution in [1.29, 1.82) is 0 Å². The van der Waals surface area contributed by atoms with Crippen LogP contribution in [-0.2, 0) is 4.79 Å². The number of aromatic nitrogens is 1. The molecule has 2 rings (SSSR count). The summed E-state index contributed by atoms with van der Waals surface area (Å²) in [6.07, 6.45) is 1.33. The van der Waals surface area contributed by atoms with Crippen LogP contribution in [0.5, 0.6) is 0 Å². The molecule has 0 bridgehead atoms. The number of para-hydroxylation sites is 1. The molecule has 0 saturated carbocycles. The van der Waals surface area contributed by atoms with Gasteiger partial charge in [-0.05, 0) is 18.6 Å². The average Bonchev–Trinajstić information content (AvgIpc) is 2.69. The summed E-state index contributed by atoms with van der Waals surface area (Å²) in [7, 11) is 0. The Morgan fingerprint density at radius 1 is 1.53 bits per heavy atom. The Morgan fingerprint density at radius 2 is 2.29 bits per heavy atom. The van der Waals surface area contributed by atoms with Gasteiger partial charge in [-0.25, -0.2) is 4.98 Å². The third kappa shape index (κ3) is 3.20. The van der Waals surface area contributed by atoms with Gasteiger partial charge in [0.2, 0.25) is 5.91 Å². The first-order chi connectivity index (χ1) is 8.19. The van der Waals surface area contributed by atoms with Crippen LogP contribution in [0.1, 0.15) is 19.8 Å². The number of carbonyl (C=O) groups excluding carboxylic acids is 1. The van der Waals surface area contributed by atoms with Crippen molar-refractivity contribution in [2.75, 3.05) is 0 Å². The molecule has 1 aromatic heterocycles. The molecule has 1 heterocycles. The van der Waals surface area contributed by atoms with E-state index in [2.05, 4.69) is 18.0 Å². The molecule has 0 aliphatic rings. The lowest BCUT2D eigenvalue weighted by atomic mass is 10.2. The Kier molecular flexibility index (Phi) is 4.02. The Morgan fingerprint density at radius 3 is 2.94 bits per heavy atom. The first-order valence-corrected chi connectivity index (χ1v) is 7.19. The molecule has 90 valence electrons. The van der Waals surface area contributed by atoms with Crippen molar-refractivity contribution in [1.82, 2.24) is 4.98 Å². The molecule has 3 nitrogen and oxygen atoms in total. The summed E-state index contributed by atoms with van der Waals surface area (Å²) in [6.45, 7) is 2.06. The van der Waals surface area contributed by atoms with E-state index in [0.717, 1.165) is 16.3 Å². The molecule has 17 heavy (non-hydrogen) atoms. The minimum absolute atomic E-state index is 0.230. The largest absolute Gasteiger partial charge is 0.370 e. The average molecular weight is 266 g/mol. The van der Waals surface area contributed by atoms with E-state index in [1.807, 2.05) is 18.2 Å². The summed E-state index contributed by atoms with van der Waals surface area (Å²) in [4.78, 5) is 15.5. The van der Waals surface area contributed by atoms with E-state index in [1.54, 1.807) is 23.1 Å². The maximum atomic E-state index is 10.9. The fourth-order valence-corrected chi connectivity index (χ4v) is 3.96. The second-order valence-corrected chi connectivity index (χ2v) is 6.34. The SMILES string of the molecule is CCC(CC(N)=O)Sc1nc2ccccc2s1. The summed E-state index contributed by atoms with van der Waals surface area (Å²) in [5, 5.41) is 0.230. The highest BCUT2D eigenvalue weighted by molar-refractivity contribution is 8.01. The number of nitrogens with two attached hydrogens (primary N) is 1. The third-order valence-corrected chi connectivity index (χ3v) is 4.92. The van der Waals surface area contributed by atoms with E-state index in [0.29, 0.717) is 6.42 Å². The number of thiazole rings is 1. The lowest BCUT2D eigenvalue weighted by molar-refractivity contribution is -0.118. The predicted molar refractivity (Wildman–Crippen MR) is 73.4 cm³/mol. The molecule has 0 aliphatic heterocycles. The van der Waals surface area contributed by atoms with Crippen molar-refractivity contribution >= 4 is 39.2 Å². The molecule has 0 spiro atoms. The number of benzene rings is 1. The smallest absolute Gasteiger partial charge is 0.218 e. The molecule has 2 aromatic rings. The standard InChI is InChI=1S/C12H14N2OS2/c1-2-8(7-11(13)15)16-12-14-9-5-3-4-6-10(9)17-12/h3-6,8H,2,7H2,1H3,(H2,13,15). The van der Waals surface area contributed by atoms with Gasteiger partial charge in [0.25, 0.3) is 0 Å². The van der Waals surface area contributed by atoms with Gasteiger partial charge in [0.15, 0.2) is 4.34 Å². The number of hydrogen-bond donors (Lipinski definition) is 1. The van der Waals surface area contributed by atoms with Crippen LogP contribution in [0.25, 0.3) is 10.2 Å². The van der Waals surface area contributed by atoms with Crippen LogP contribution < -0.4 is 5.73 Å². The van der Waals surface area contributed by atoms with Crippen molar-refractivity contribution in [3.8, 4) is 0 Å². The Bertz CT molecular complexity index is 491. The zero-order valence-electron chi connectivity index (χ0n) is 9.55. The maximum absolute atomic E-state index is 10.9. The van der Waals surface area contributed by atoms with Crippen LogP contribution in [0.3, 0.4) is 0 Å². The van der Waals surface area contributed by atoms with Crippen molar-refractivity contribution < 1.29 is 4.79 Å². The molecule has 1 aromatic carbocycles. The van der Waals surface area contributed by atoms with Crippen molar-refractivity contribution in [2.45, 2.75) is 29.4 Å². The molecule has 1 amide bonds. The minimum atomic E-state index is -0.245. The predicted octanol–water partition coefficient (Wildman–Crippen LogP) is 3.04. The lowest BCUT2D eigenvalue weighted by Crippen LogP contribution is -2.17. The summed E-state index contributed by atoms with van der Waals surface area (Å²) in [5.41, 5.74) is 6.25. The van der Waals surface area contributed by atoms with E-state index >= 15 is 0 Å². The highest BCUT2D eigenvalue weighted by Gasteiger charge is 2.14. The van der Waals surface area contributed by atoms with Crippen LogP contribution in [0.4, 0.5) is 0 Å². The van der Waals surface area contributed by atoms with Gasteiger partial charge in [-0.2, -0.15) is 0 Å². The summed E-state index contributed by atoms with van der Waals surface area (Å²) < 4.78 is 2.20. The fraction of sp³-hybridized carbons (Fsp3) is 0.333. The molecule has 5 heteroatoms. The van der Waals surface area contributed by atoms with Crippen LogP contribution in [0.15, 0.2) is 28.6 Å². The number of fused-ring (bicyclic) bond motifs is 1. The van der Waals surface area contributed by atoms with E-state index in [1.165, 1.54) is 4.70 Å². The highest BCUT2D eigenvalue weighted by Crippen LogP contribution is 2.33. The second-order valence-electron chi connectivity index (χ2n) is 3.77. The molecule has 0 radical (unpaired) electrons. The fourth-order valence-electron chi connectivity index (χ4n) is 1.54. The molecule has 2 N–H and O–H groups in total. The summed E-state index contributed by atoms with van der Waals surface area (Å²) in [6, 6.07) is 8.06. The van der Waals surface area contributed by atoms with E-state index in [-0.39, 0.29) is 11.2 Å². The highest BCUT2D eigenvalue weighted by atomic mass is 32.2. The van der Waals surface area contributed by atoms with Crippen molar-refractivity contribution in [3.05, 3.63) is 24.3 Å². The number of primary amides is 1. The Balaban J connectivity index is 2.14. The molecule has 0 fully saturated rings. The molecular weight excluding hydrogens is 252 g/mol. The van der Waals surface area contributed by atoms with E-state index < -0.39 is 0 Å². The summed E-state index contributed by atoms with van der Waals surface area (Å²) in [5.74, 6) is -0.245. The minimum Gasteiger partial charge on any atom is -0.370 e. The maximum Gasteiger partial charge on any atom is 0.218 e. The monoisotopic (exact) mass is 266 g/mol. The van der Waals surface area contributed by atoms with Crippen LogP contribution in [-0.4, -0.2) is 16.1 Å². The number of hydrogen-bond acceptors (Lipinski definition) is 4. The molecular formula is C12H14N2OS2. The van der Waals surface area contributed by atoms with Gasteiger partial charge in [0.1, 0.15) is 0 Å². The second kappa shape index (κ2) is 5.51. The van der Waals surface area contributed by atoms with Crippen LogP contribution >= 0.6 is 23.1 Å². The number of rotatable bonds is 5. The van der Waals surface area contributed by atoms with Gasteiger partial charge < -0.3 is 5.73 Å². The van der Waals surface area contributed by atoms with Gasteiger partial charge in [0, 0.05) is 11.7 Å². The zero-order chi connectivity index (χ0) is 12.3.